The van der Waals surface area contributed by atoms with Crippen molar-refractivity contribution < 1.29 is 17.0 Å². The predicted molar refractivity (Wildman–Crippen MR) is 65.7 cm³/mol. The third kappa shape index (κ3) is 2.54. The number of thiazole rings is 1. The van der Waals surface area contributed by atoms with Gasteiger partial charge in [-0.15, -0.1) is 0 Å². The fourth-order valence-electron chi connectivity index (χ4n) is 1.48. The average molecular weight is 255 g/mol. The Morgan fingerprint density at radius 3 is 2.56 bits per heavy atom. The number of benzene rings is 1. The standard InChI is InChI=1S/C12H15N2S.ClH/c1-13(2)9-8-12-14(3)10-6-4-5-7-11(10)15-12;/h4-9H,1-3H3;1H/q+1;/p-1. The number of hydrogen-bond donors (Lipinski definition) is 0. The number of rotatable bonds is 2. The summed E-state index contributed by atoms with van der Waals surface area (Å²) in [5, 5.41) is 1.27. The maximum atomic E-state index is 2.22. The van der Waals surface area contributed by atoms with Gasteiger partial charge in [-0.25, -0.2) is 0 Å². The van der Waals surface area contributed by atoms with Crippen molar-refractivity contribution in [2.45, 2.75) is 0 Å². The van der Waals surface area contributed by atoms with Crippen LogP contribution in [0.1, 0.15) is 5.01 Å². The van der Waals surface area contributed by atoms with Gasteiger partial charge in [0, 0.05) is 32.4 Å². The van der Waals surface area contributed by atoms with Crippen molar-refractivity contribution in [3.05, 3.63) is 35.5 Å². The van der Waals surface area contributed by atoms with E-state index in [-0.39, 0.29) is 12.4 Å². The number of para-hydroxylation sites is 1. The lowest BCUT2D eigenvalue weighted by atomic mass is 10.3. The van der Waals surface area contributed by atoms with Crippen LogP contribution in [0.25, 0.3) is 16.3 Å². The Labute approximate surface area is 106 Å². The molecule has 0 aliphatic heterocycles. The van der Waals surface area contributed by atoms with Crippen molar-refractivity contribution in [1.29, 1.82) is 0 Å². The zero-order valence-electron chi connectivity index (χ0n) is 9.64. The van der Waals surface area contributed by atoms with Gasteiger partial charge in [-0.05, 0) is 6.07 Å². The number of fused-ring (bicyclic) bond motifs is 1. The lowest BCUT2D eigenvalue weighted by molar-refractivity contribution is -0.642. The third-order valence-corrected chi connectivity index (χ3v) is 3.47. The van der Waals surface area contributed by atoms with Gasteiger partial charge in [-0.2, -0.15) is 4.57 Å². The third-order valence-electron chi connectivity index (χ3n) is 2.29. The fraction of sp³-hybridized carbons (Fsp3) is 0.250. The van der Waals surface area contributed by atoms with Gasteiger partial charge < -0.3 is 17.3 Å². The maximum Gasteiger partial charge on any atom is 0.263 e. The van der Waals surface area contributed by atoms with Gasteiger partial charge in [-0.1, -0.05) is 23.5 Å². The van der Waals surface area contributed by atoms with Gasteiger partial charge in [0.1, 0.15) is 11.7 Å². The molecule has 0 aliphatic rings. The predicted octanol–water partition coefficient (Wildman–Crippen LogP) is -0.738. The number of hydrogen-bond acceptors (Lipinski definition) is 2. The van der Waals surface area contributed by atoms with Crippen molar-refractivity contribution in [3.8, 4) is 0 Å². The first kappa shape index (κ1) is 13.0. The highest BCUT2D eigenvalue weighted by Gasteiger charge is 2.12. The average Bonchev–Trinajstić information content (AvgIpc) is 2.54. The van der Waals surface area contributed by atoms with Crippen LogP contribution in [0, 0.1) is 0 Å². The summed E-state index contributed by atoms with van der Waals surface area (Å²) in [6, 6.07) is 8.47. The second-order valence-electron chi connectivity index (χ2n) is 3.75. The van der Waals surface area contributed by atoms with Crippen molar-refractivity contribution in [2.24, 2.45) is 7.05 Å². The first-order valence-electron chi connectivity index (χ1n) is 4.90. The molecule has 2 aromatic rings. The molecule has 1 aromatic heterocycles. The minimum atomic E-state index is 0. The van der Waals surface area contributed by atoms with Crippen LogP contribution in [0.2, 0.25) is 0 Å². The molecule has 0 spiro atoms. The maximum absolute atomic E-state index is 2.22. The zero-order chi connectivity index (χ0) is 10.8. The summed E-state index contributed by atoms with van der Waals surface area (Å²) in [6.45, 7) is 0. The number of aromatic nitrogens is 1. The largest absolute Gasteiger partial charge is 1.00 e. The molecule has 0 saturated heterocycles. The van der Waals surface area contributed by atoms with E-state index >= 15 is 0 Å². The molecule has 0 fully saturated rings. The van der Waals surface area contributed by atoms with Crippen LogP contribution < -0.4 is 17.0 Å². The molecule has 2 rings (SSSR count). The highest BCUT2D eigenvalue weighted by atomic mass is 35.5. The SMILES string of the molecule is CN(C)C=Cc1sc2ccccc2[n+]1C.[Cl-]. The molecule has 0 N–H and O–H groups in total. The molecule has 0 amide bonds. The van der Waals surface area contributed by atoms with Crippen LogP contribution in [0.5, 0.6) is 0 Å². The Morgan fingerprint density at radius 2 is 1.94 bits per heavy atom. The molecule has 2 nitrogen and oxygen atoms in total. The molecule has 86 valence electrons. The number of aryl methyl sites for hydroxylation is 1. The lowest BCUT2D eigenvalue weighted by Gasteiger charge is -2.00. The fourth-order valence-corrected chi connectivity index (χ4v) is 2.52. The molecule has 0 atom stereocenters. The Hall–Kier alpha value is -1.06. The van der Waals surface area contributed by atoms with Crippen LogP contribution >= 0.6 is 11.3 Å². The van der Waals surface area contributed by atoms with Gasteiger partial charge in [0.25, 0.3) is 5.01 Å². The number of nitrogens with zero attached hydrogens (tertiary/aromatic N) is 2. The first-order valence-corrected chi connectivity index (χ1v) is 5.72. The van der Waals surface area contributed by atoms with Crippen LogP contribution in [-0.2, 0) is 7.05 Å². The molecule has 0 aliphatic carbocycles. The summed E-state index contributed by atoms with van der Waals surface area (Å²) in [6.07, 6.45) is 4.22. The Balaban J connectivity index is 0.00000128. The molecule has 16 heavy (non-hydrogen) atoms. The summed E-state index contributed by atoms with van der Waals surface area (Å²) in [7, 11) is 6.17. The van der Waals surface area contributed by atoms with E-state index in [1.807, 2.05) is 30.3 Å². The normalized spacial score (nSPS) is 10.7. The highest BCUT2D eigenvalue weighted by molar-refractivity contribution is 7.18. The Morgan fingerprint density at radius 1 is 1.25 bits per heavy atom. The zero-order valence-corrected chi connectivity index (χ0v) is 11.2. The summed E-state index contributed by atoms with van der Waals surface area (Å²) in [4.78, 5) is 2.05. The van der Waals surface area contributed by atoms with E-state index in [2.05, 4.69) is 48.2 Å². The summed E-state index contributed by atoms with van der Waals surface area (Å²) >= 11 is 1.82. The van der Waals surface area contributed by atoms with E-state index < -0.39 is 0 Å². The lowest BCUT2D eigenvalue weighted by Crippen LogP contribution is -3.00. The van der Waals surface area contributed by atoms with E-state index in [0.29, 0.717) is 0 Å². The summed E-state index contributed by atoms with van der Waals surface area (Å²) < 4.78 is 3.55. The van der Waals surface area contributed by atoms with Crippen molar-refractivity contribution in [1.82, 2.24) is 4.90 Å². The van der Waals surface area contributed by atoms with Gasteiger partial charge in [-0.3, -0.25) is 0 Å². The first-order chi connectivity index (χ1) is 7.18. The molecule has 1 heterocycles. The van der Waals surface area contributed by atoms with Gasteiger partial charge in [0.05, 0.1) is 0 Å². The van der Waals surface area contributed by atoms with Crippen LogP contribution in [0.15, 0.2) is 30.5 Å². The molecule has 0 saturated carbocycles. The molecule has 0 bridgehead atoms. The minimum absolute atomic E-state index is 0. The van der Waals surface area contributed by atoms with E-state index in [1.165, 1.54) is 15.2 Å². The van der Waals surface area contributed by atoms with Crippen LogP contribution in [0.4, 0.5) is 0 Å². The van der Waals surface area contributed by atoms with Crippen LogP contribution in [-0.4, -0.2) is 19.0 Å². The topological polar surface area (TPSA) is 7.12 Å². The molecule has 0 radical (unpaired) electrons. The van der Waals surface area contributed by atoms with Gasteiger partial charge in [0.15, 0.2) is 0 Å². The van der Waals surface area contributed by atoms with E-state index in [9.17, 15) is 0 Å². The Kier molecular flexibility index (Phi) is 4.33. The quantitative estimate of drug-likeness (QED) is 0.641. The summed E-state index contributed by atoms with van der Waals surface area (Å²) in [5.74, 6) is 0. The van der Waals surface area contributed by atoms with Crippen molar-refractivity contribution in [2.75, 3.05) is 14.1 Å². The molecular formula is C12H15ClN2S. The van der Waals surface area contributed by atoms with E-state index in [4.69, 9.17) is 0 Å². The van der Waals surface area contributed by atoms with Gasteiger partial charge >= 0.3 is 0 Å². The molecule has 1 aromatic carbocycles. The van der Waals surface area contributed by atoms with Gasteiger partial charge in [0.2, 0.25) is 5.52 Å². The summed E-state index contributed by atoms with van der Waals surface area (Å²) in [5.41, 5.74) is 1.29. The number of halogens is 1. The molecule has 0 unspecified atom stereocenters. The van der Waals surface area contributed by atoms with Crippen molar-refractivity contribution in [3.63, 3.8) is 0 Å². The van der Waals surface area contributed by atoms with Crippen molar-refractivity contribution >= 4 is 27.6 Å². The molecule has 4 heteroatoms. The second kappa shape index (κ2) is 5.32. The molecular weight excluding hydrogens is 240 g/mol. The van der Waals surface area contributed by atoms with E-state index in [0.717, 1.165) is 0 Å². The highest BCUT2D eigenvalue weighted by Crippen LogP contribution is 2.20. The van der Waals surface area contributed by atoms with E-state index in [1.54, 1.807) is 0 Å². The second-order valence-corrected chi connectivity index (χ2v) is 4.81. The van der Waals surface area contributed by atoms with Crippen LogP contribution in [0.3, 0.4) is 0 Å². The smallest absolute Gasteiger partial charge is 0.263 e. The minimum Gasteiger partial charge on any atom is -1.00 e. The monoisotopic (exact) mass is 254 g/mol. The Bertz CT molecular complexity index is 503.